The first kappa shape index (κ1) is 15.4. The van der Waals surface area contributed by atoms with Crippen molar-refractivity contribution < 1.29 is 26.7 Å². The van der Waals surface area contributed by atoms with Gasteiger partial charge in [-0.05, 0) is 18.2 Å². The highest BCUT2D eigenvalue weighted by molar-refractivity contribution is 9.10. The molecule has 0 aromatic heterocycles. The number of carbonyl (C=O) groups is 1. The Morgan fingerprint density at radius 2 is 1.84 bits per heavy atom. The number of nitrogens with zero attached hydrogens (tertiary/aromatic N) is 1. The molecule has 3 nitrogen and oxygen atoms in total. The summed E-state index contributed by atoms with van der Waals surface area (Å²) in [6.07, 6.45) is -6.00. The standard InChI is InChI=1S/C10H4BrF5N2O/c11-6-2-1-5(4-17)7(3-6)18-8(19)9(12,13)10(14,15)16/h1-3H,(H,18,19). The monoisotopic (exact) mass is 342 g/mol. The van der Waals surface area contributed by atoms with Gasteiger partial charge >= 0.3 is 18.0 Å². The van der Waals surface area contributed by atoms with E-state index in [1.807, 2.05) is 0 Å². The average molecular weight is 343 g/mol. The van der Waals surface area contributed by atoms with Crippen molar-refractivity contribution >= 4 is 27.5 Å². The van der Waals surface area contributed by atoms with Gasteiger partial charge in [0.2, 0.25) is 0 Å². The van der Waals surface area contributed by atoms with Gasteiger partial charge in [-0.2, -0.15) is 27.2 Å². The highest BCUT2D eigenvalue weighted by Crippen LogP contribution is 2.36. The molecule has 1 aromatic rings. The summed E-state index contributed by atoms with van der Waals surface area (Å²) in [5.41, 5.74) is -0.680. The van der Waals surface area contributed by atoms with Gasteiger partial charge < -0.3 is 5.32 Å². The normalized spacial score (nSPS) is 11.8. The molecule has 0 atom stereocenters. The Balaban J connectivity index is 3.08. The van der Waals surface area contributed by atoms with E-state index in [2.05, 4.69) is 15.9 Å². The third kappa shape index (κ3) is 3.20. The van der Waals surface area contributed by atoms with Gasteiger partial charge in [-0.3, -0.25) is 4.79 Å². The number of benzene rings is 1. The molecule has 0 spiro atoms. The molecule has 9 heteroatoms. The lowest BCUT2D eigenvalue weighted by atomic mass is 10.2. The first-order valence-corrected chi connectivity index (χ1v) is 5.34. The number of nitrogens with one attached hydrogen (secondary N) is 1. The zero-order valence-corrected chi connectivity index (χ0v) is 10.4. The largest absolute Gasteiger partial charge is 0.463 e. The molecule has 0 bridgehead atoms. The van der Waals surface area contributed by atoms with Crippen LogP contribution in [0, 0.1) is 11.3 Å². The molecule has 0 aliphatic rings. The Morgan fingerprint density at radius 3 is 2.32 bits per heavy atom. The lowest BCUT2D eigenvalue weighted by molar-refractivity contribution is -0.267. The lowest BCUT2D eigenvalue weighted by Crippen LogP contribution is -2.47. The number of hydrogen-bond donors (Lipinski definition) is 1. The van der Waals surface area contributed by atoms with E-state index in [1.54, 1.807) is 6.07 Å². The summed E-state index contributed by atoms with van der Waals surface area (Å²) in [6, 6.07) is 5.13. The van der Waals surface area contributed by atoms with Crippen LogP contribution < -0.4 is 5.32 Å². The minimum Gasteiger partial charge on any atom is -0.319 e. The van der Waals surface area contributed by atoms with Gasteiger partial charge in [-0.15, -0.1) is 0 Å². The quantitative estimate of drug-likeness (QED) is 0.837. The Labute approximate surface area is 112 Å². The van der Waals surface area contributed by atoms with Crippen molar-refractivity contribution in [3.63, 3.8) is 0 Å². The zero-order valence-electron chi connectivity index (χ0n) is 8.86. The van der Waals surface area contributed by atoms with E-state index in [4.69, 9.17) is 5.26 Å². The summed E-state index contributed by atoms with van der Waals surface area (Å²) in [7, 11) is 0. The first-order chi connectivity index (χ1) is 8.59. The number of nitriles is 1. The molecule has 0 saturated carbocycles. The topological polar surface area (TPSA) is 52.9 Å². The molecule has 1 amide bonds. The fourth-order valence-electron chi connectivity index (χ4n) is 1.05. The van der Waals surface area contributed by atoms with Gasteiger partial charge in [0.25, 0.3) is 0 Å². The van der Waals surface area contributed by atoms with Crippen LogP contribution in [0.2, 0.25) is 0 Å². The molecule has 1 rings (SSSR count). The molecule has 102 valence electrons. The van der Waals surface area contributed by atoms with Gasteiger partial charge in [0.05, 0.1) is 11.3 Å². The molecular formula is C10H4BrF5N2O. The number of amides is 1. The number of carbonyl (C=O) groups excluding carboxylic acids is 1. The third-order valence-corrected chi connectivity index (χ3v) is 2.48. The highest BCUT2D eigenvalue weighted by Gasteiger charge is 2.63. The van der Waals surface area contributed by atoms with E-state index >= 15 is 0 Å². The zero-order chi connectivity index (χ0) is 14.8. The summed E-state index contributed by atoms with van der Waals surface area (Å²) >= 11 is 2.93. The van der Waals surface area contributed by atoms with E-state index in [-0.39, 0.29) is 5.56 Å². The lowest BCUT2D eigenvalue weighted by Gasteiger charge is -2.19. The fraction of sp³-hybridized carbons (Fsp3) is 0.200. The maximum absolute atomic E-state index is 12.7. The second-order valence-electron chi connectivity index (χ2n) is 3.33. The van der Waals surface area contributed by atoms with Crippen LogP contribution in [-0.2, 0) is 4.79 Å². The summed E-state index contributed by atoms with van der Waals surface area (Å²) in [6.45, 7) is 0. The number of alkyl halides is 5. The minimum absolute atomic E-state index is 0.241. The van der Waals surface area contributed by atoms with Crippen molar-refractivity contribution in [2.45, 2.75) is 12.1 Å². The second kappa shape index (κ2) is 5.13. The van der Waals surface area contributed by atoms with Gasteiger partial charge in [0.1, 0.15) is 6.07 Å². The molecule has 0 saturated heterocycles. The van der Waals surface area contributed by atoms with Gasteiger partial charge in [-0.25, -0.2) is 0 Å². The van der Waals surface area contributed by atoms with Crippen LogP contribution in [0.25, 0.3) is 0 Å². The maximum Gasteiger partial charge on any atom is 0.463 e. The average Bonchev–Trinajstić information content (AvgIpc) is 2.27. The molecule has 0 heterocycles. The van der Waals surface area contributed by atoms with Gasteiger partial charge in [0.15, 0.2) is 0 Å². The summed E-state index contributed by atoms with van der Waals surface area (Å²) in [5.74, 6) is -8.09. The summed E-state index contributed by atoms with van der Waals surface area (Å²) in [4.78, 5) is 11.0. The van der Waals surface area contributed by atoms with Crippen LogP contribution in [0.5, 0.6) is 0 Å². The van der Waals surface area contributed by atoms with Crippen LogP contribution in [-0.4, -0.2) is 18.0 Å². The van der Waals surface area contributed by atoms with Crippen molar-refractivity contribution in [3.05, 3.63) is 28.2 Å². The van der Waals surface area contributed by atoms with Crippen LogP contribution >= 0.6 is 15.9 Å². The predicted octanol–water partition coefficient (Wildman–Crippen LogP) is 3.46. The first-order valence-electron chi connectivity index (χ1n) is 4.55. The van der Waals surface area contributed by atoms with Crippen molar-refractivity contribution in [1.82, 2.24) is 0 Å². The molecule has 0 aliphatic heterocycles. The molecule has 0 unspecified atom stereocenters. The Hall–Kier alpha value is -1.69. The molecule has 0 fully saturated rings. The minimum atomic E-state index is -6.00. The molecule has 0 aliphatic carbocycles. The predicted molar refractivity (Wildman–Crippen MR) is 58.5 cm³/mol. The van der Waals surface area contributed by atoms with Crippen LogP contribution in [0.3, 0.4) is 0 Å². The van der Waals surface area contributed by atoms with Crippen molar-refractivity contribution in [1.29, 1.82) is 5.26 Å². The van der Waals surface area contributed by atoms with Crippen molar-refractivity contribution in [2.75, 3.05) is 5.32 Å². The molecule has 19 heavy (non-hydrogen) atoms. The third-order valence-electron chi connectivity index (χ3n) is 1.99. The van der Waals surface area contributed by atoms with E-state index in [0.29, 0.717) is 4.47 Å². The smallest absolute Gasteiger partial charge is 0.319 e. The van der Waals surface area contributed by atoms with E-state index in [9.17, 15) is 26.7 Å². The molecule has 0 radical (unpaired) electrons. The number of rotatable bonds is 2. The Kier molecular flexibility index (Phi) is 4.15. The number of hydrogen-bond acceptors (Lipinski definition) is 2. The number of halogens is 6. The van der Waals surface area contributed by atoms with Crippen molar-refractivity contribution in [3.8, 4) is 6.07 Å². The summed E-state index contributed by atoms with van der Waals surface area (Å²) < 4.78 is 61.6. The molecule has 1 aromatic carbocycles. The van der Waals surface area contributed by atoms with Crippen LogP contribution in [0.1, 0.15) is 5.56 Å². The van der Waals surface area contributed by atoms with Gasteiger partial charge in [-0.1, -0.05) is 15.9 Å². The van der Waals surface area contributed by atoms with E-state index < -0.39 is 23.7 Å². The molecule has 1 N–H and O–H groups in total. The van der Waals surface area contributed by atoms with Crippen LogP contribution in [0.4, 0.5) is 27.6 Å². The Morgan fingerprint density at radius 1 is 1.26 bits per heavy atom. The summed E-state index contributed by atoms with van der Waals surface area (Å²) in [5, 5.41) is 10.0. The second-order valence-corrected chi connectivity index (χ2v) is 4.24. The molecular weight excluding hydrogens is 339 g/mol. The van der Waals surface area contributed by atoms with Crippen LogP contribution in [0.15, 0.2) is 22.7 Å². The number of anilines is 1. The van der Waals surface area contributed by atoms with E-state index in [1.165, 1.54) is 11.4 Å². The fourth-order valence-corrected chi connectivity index (χ4v) is 1.41. The van der Waals surface area contributed by atoms with Gasteiger partial charge in [0, 0.05) is 4.47 Å². The maximum atomic E-state index is 12.7. The SMILES string of the molecule is N#Cc1ccc(Br)cc1NC(=O)C(F)(F)C(F)(F)F. The van der Waals surface area contributed by atoms with E-state index in [0.717, 1.165) is 12.1 Å². The van der Waals surface area contributed by atoms with Crippen molar-refractivity contribution in [2.24, 2.45) is 0 Å². The highest BCUT2D eigenvalue weighted by atomic mass is 79.9. The Bertz CT molecular complexity index is 550.